The van der Waals surface area contributed by atoms with E-state index < -0.39 is 0 Å². The summed E-state index contributed by atoms with van der Waals surface area (Å²) >= 11 is 0. The lowest BCUT2D eigenvalue weighted by Crippen LogP contribution is -2.40. The van der Waals surface area contributed by atoms with E-state index >= 15 is 0 Å². The standard InChI is InChI=1S/C28H33FN4O2/c1-20(30-13-16-32-14-3-2-4-15-32)19-35-25-11-9-24(10-12-25)33-27(34)17-22-6-5-21-7-8-23(29)18-26(21)28(22)31-33/h7-12,17-18,20,30H,2-6,13-16,19H2,1H3. The minimum Gasteiger partial charge on any atom is -0.492 e. The van der Waals surface area contributed by atoms with Crippen molar-refractivity contribution in [2.24, 2.45) is 0 Å². The number of likely N-dealkylation sites (tertiary alicyclic amines) is 1. The average Bonchev–Trinajstić information content (AvgIpc) is 2.88. The number of rotatable bonds is 8. The largest absolute Gasteiger partial charge is 0.492 e. The zero-order chi connectivity index (χ0) is 24.2. The van der Waals surface area contributed by atoms with E-state index in [1.54, 1.807) is 12.1 Å². The Hall–Kier alpha value is -3.03. The summed E-state index contributed by atoms with van der Waals surface area (Å²) in [6, 6.07) is 14.0. The van der Waals surface area contributed by atoms with E-state index in [2.05, 4.69) is 22.2 Å². The second kappa shape index (κ2) is 10.7. The van der Waals surface area contributed by atoms with Crippen LogP contribution in [0.1, 0.15) is 37.3 Å². The molecule has 1 atom stereocenters. The molecule has 3 aromatic rings. The molecule has 6 nitrogen and oxygen atoms in total. The third-order valence-electron chi connectivity index (χ3n) is 6.95. The van der Waals surface area contributed by atoms with Crippen LogP contribution in [0.5, 0.6) is 5.75 Å². The molecule has 2 aromatic carbocycles. The Morgan fingerprint density at radius 3 is 2.60 bits per heavy atom. The molecule has 5 rings (SSSR count). The number of halogens is 1. The van der Waals surface area contributed by atoms with Crippen LogP contribution in [0.15, 0.2) is 53.3 Å². The summed E-state index contributed by atoms with van der Waals surface area (Å²) < 4.78 is 21.2. The van der Waals surface area contributed by atoms with Crippen LogP contribution in [0, 0.1) is 5.82 Å². The van der Waals surface area contributed by atoms with Gasteiger partial charge in [-0.05, 0) is 93.2 Å². The van der Waals surface area contributed by atoms with Crippen molar-refractivity contribution in [1.29, 1.82) is 0 Å². The summed E-state index contributed by atoms with van der Waals surface area (Å²) in [5.74, 6) is 0.449. The monoisotopic (exact) mass is 476 g/mol. The van der Waals surface area contributed by atoms with Crippen molar-refractivity contribution in [2.75, 3.05) is 32.8 Å². The molecule has 0 radical (unpaired) electrons. The van der Waals surface area contributed by atoms with E-state index in [0.717, 1.165) is 48.4 Å². The number of nitrogens with zero attached hydrogens (tertiary/aromatic N) is 3. The number of benzene rings is 2. The molecule has 35 heavy (non-hydrogen) atoms. The molecule has 1 aliphatic heterocycles. The van der Waals surface area contributed by atoms with Gasteiger partial charge in [0.1, 0.15) is 18.2 Å². The van der Waals surface area contributed by atoms with Crippen molar-refractivity contribution in [3.63, 3.8) is 0 Å². The molecule has 2 aliphatic rings. The molecular weight excluding hydrogens is 443 g/mol. The summed E-state index contributed by atoms with van der Waals surface area (Å²) in [7, 11) is 0. The molecule has 1 unspecified atom stereocenters. The molecule has 0 amide bonds. The van der Waals surface area contributed by atoms with E-state index in [1.165, 1.54) is 49.2 Å². The maximum Gasteiger partial charge on any atom is 0.271 e. The number of aryl methyl sites for hydroxylation is 2. The number of nitrogens with one attached hydrogen (secondary N) is 1. The first-order valence-electron chi connectivity index (χ1n) is 12.7. The highest BCUT2D eigenvalue weighted by Crippen LogP contribution is 2.31. The van der Waals surface area contributed by atoms with Crippen molar-refractivity contribution >= 4 is 0 Å². The highest BCUT2D eigenvalue weighted by Gasteiger charge is 2.20. The zero-order valence-corrected chi connectivity index (χ0v) is 20.3. The van der Waals surface area contributed by atoms with E-state index in [1.807, 2.05) is 24.3 Å². The van der Waals surface area contributed by atoms with Crippen molar-refractivity contribution in [3.05, 3.63) is 75.8 Å². The van der Waals surface area contributed by atoms with Crippen LogP contribution in [0.25, 0.3) is 16.9 Å². The minimum absolute atomic E-state index is 0.191. The Balaban J connectivity index is 1.21. The van der Waals surface area contributed by atoms with Gasteiger partial charge in [0.25, 0.3) is 5.56 Å². The highest BCUT2D eigenvalue weighted by molar-refractivity contribution is 5.69. The molecule has 0 saturated carbocycles. The maximum absolute atomic E-state index is 13.9. The Bertz CT molecular complexity index is 1220. The van der Waals surface area contributed by atoms with Crippen LogP contribution in [-0.2, 0) is 12.8 Å². The van der Waals surface area contributed by atoms with Gasteiger partial charge in [-0.2, -0.15) is 9.78 Å². The van der Waals surface area contributed by atoms with Crippen LogP contribution in [0.2, 0.25) is 0 Å². The smallest absolute Gasteiger partial charge is 0.271 e. The van der Waals surface area contributed by atoms with Crippen LogP contribution < -0.4 is 15.6 Å². The van der Waals surface area contributed by atoms with Crippen LogP contribution in [0.3, 0.4) is 0 Å². The molecule has 184 valence electrons. The van der Waals surface area contributed by atoms with Crippen molar-refractivity contribution in [1.82, 2.24) is 20.0 Å². The SMILES string of the molecule is CC(COc1ccc(-n2nc3c(cc2=O)CCc2ccc(F)cc2-3)cc1)NCCN1CCCCC1. The van der Waals surface area contributed by atoms with Gasteiger partial charge in [-0.1, -0.05) is 12.5 Å². The third-order valence-corrected chi connectivity index (χ3v) is 6.95. The van der Waals surface area contributed by atoms with Crippen molar-refractivity contribution < 1.29 is 9.13 Å². The molecule has 1 fully saturated rings. The van der Waals surface area contributed by atoms with E-state index in [9.17, 15) is 9.18 Å². The number of hydrogen-bond donors (Lipinski definition) is 1. The second-order valence-corrected chi connectivity index (χ2v) is 9.63. The summed E-state index contributed by atoms with van der Waals surface area (Å²) in [6.07, 6.45) is 5.50. The van der Waals surface area contributed by atoms with Gasteiger partial charge in [-0.25, -0.2) is 4.39 Å². The number of ether oxygens (including phenoxy) is 1. The minimum atomic E-state index is -0.298. The molecule has 2 heterocycles. The van der Waals surface area contributed by atoms with Gasteiger partial charge >= 0.3 is 0 Å². The normalized spacial score (nSPS) is 16.4. The highest BCUT2D eigenvalue weighted by atomic mass is 19.1. The summed E-state index contributed by atoms with van der Waals surface area (Å²) in [5.41, 5.74) is 3.83. The number of fused-ring (bicyclic) bond motifs is 3. The van der Waals surface area contributed by atoms with Gasteiger partial charge in [0.2, 0.25) is 0 Å². The summed E-state index contributed by atoms with van der Waals surface area (Å²) in [5, 5.41) is 8.16. The predicted octanol–water partition coefficient (Wildman–Crippen LogP) is 3.98. The molecule has 1 N–H and O–H groups in total. The van der Waals surface area contributed by atoms with Gasteiger partial charge < -0.3 is 15.0 Å². The van der Waals surface area contributed by atoms with Crippen LogP contribution in [-0.4, -0.2) is 53.5 Å². The lowest BCUT2D eigenvalue weighted by atomic mass is 9.89. The van der Waals surface area contributed by atoms with E-state index in [-0.39, 0.29) is 17.4 Å². The van der Waals surface area contributed by atoms with Gasteiger partial charge in [0, 0.05) is 30.8 Å². The quantitative estimate of drug-likeness (QED) is 0.533. The molecule has 1 aromatic heterocycles. The summed E-state index contributed by atoms with van der Waals surface area (Å²) in [6.45, 7) is 7.16. The first-order chi connectivity index (χ1) is 17.1. The number of hydrogen-bond acceptors (Lipinski definition) is 5. The average molecular weight is 477 g/mol. The first kappa shape index (κ1) is 23.7. The maximum atomic E-state index is 13.9. The first-order valence-corrected chi connectivity index (χ1v) is 12.7. The molecule has 0 spiro atoms. The predicted molar refractivity (Wildman–Crippen MR) is 136 cm³/mol. The lowest BCUT2D eigenvalue weighted by molar-refractivity contribution is 0.218. The van der Waals surface area contributed by atoms with Gasteiger partial charge in [-0.3, -0.25) is 4.79 Å². The lowest BCUT2D eigenvalue weighted by Gasteiger charge is -2.27. The fraction of sp³-hybridized carbons (Fsp3) is 0.429. The molecule has 0 bridgehead atoms. The van der Waals surface area contributed by atoms with Gasteiger partial charge in [0.15, 0.2) is 0 Å². The molecule has 7 heteroatoms. The Morgan fingerprint density at radius 1 is 1.03 bits per heavy atom. The third kappa shape index (κ3) is 5.63. The Kier molecular flexibility index (Phi) is 7.25. The van der Waals surface area contributed by atoms with Gasteiger partial charge in [-0.15, -0.1) is 0 Å². The fourth-order valence-electron chi connectivity index (χ4n) is 4.97. The fourth-order valence-corrected chi connectivity index (χ4v) is 4.97. The topological polar surface area (TPSA) is 59.4 Å². The van der Waals surface area contributed by atoms with E-state index in [0.29, 0.717) is 18.0 Å². The van der Waals surface area contributed by atoms with Crippen LogP contribution >= 0.6 is 0 Å². The van der Waals surface area contributed by atoms with Crippen molar-refractivity contribution in [2.45, 2.75) is 45.1 Å². The molecular formula is C28H33FN4O2. The van der Waals surface area contributed by atoms with Gasteiger partial charge in [0.05, 0.1) is 11.4 Å². The summed E-state index contributed by atoms with van der Waals surface area (Å²) in [4.78, 5) is 15.3. The number of aromatic nitrogens is 2. The Labute approximate surface area is 205 Å². The van der Waals surface area contributed by atoms with Crippen LogP contribution in [0.4, 0.5) is 4.39 Å². The molecule has 1 aliphatic carbocycles. The zero-order valence-electron chi connectivity index (χ0n) is 20.3. The Morgan fingerprint density at radius 2 is 1.80 bits per heavy atom. The second-order valence-electron chi connectivity index (χ2n) is 9.63. The molecule has 1 saturated heterocycles. The van der Waals surface area contributed by atoms with Crippen molar-refractivity contribution in [3.8, 4) is 22.7 Å². The van der Waals surface area contributed by atoms with E-state index in [4.69, 9.17) is 4.74 Å². The number of piperidine rings is 1.